The third-order valence-electron chi connectivity index (χ3n) is 4.78. The van der Waals surface area contributed by atoms with Crippen LogP contribution in [-0.4, -0.2) is 15.3 Å². The number of para-hydroxylation sites is 1. The molecule has 136 valence electrons. The van der Waals surface area contributed by atoms with E-state index in [1.54, 1.807) is 11.8 Å². The quantitative estimate of drug-likeness (QED) is 0.283. The van der Waals surface area contributed by atoms with E-state index in [-0.39, 0.29) is 5.56 Å². The van der Waals surface area contributed by atoms with Gasteiger partial charge in [0, 0.05) is 18.7 Å². The lowest BCUT2D eigenvalue weighted by atomic mass is 9.97. The molecule has 0 N–H and O–H groups in total. The Labute approximate surface area is 158 Å². The molecule has 0 fully saturated rings. The highest BCUT2D eigenvalue weighted by molar-refractivity contribution is 7.99. The van der Waals surface area contributed by atoms with Gasteiger partial charge in [-0.25, -0.2) is 4.98 Å². The number of aromatic nitrogens is 2. The smallest absolute Gasteiger partial charge is 0.262 e. The Bertz CT molecular complexity index is 879. The lowest BCUT2D eigenvalue weighted by Gasteiger charge is -2.16. The van der Waals surface area contributed by atoms with Crippen LogP contribution in [0.1, 0.15) is 51.4 Å². The second-order valence-corrected chi connectivity index (χ2v) is 7.75. The van der Waals surface area contributed by atoms with E-state index in [0.29, 0.717) is 18.4 Å². The summed E-state index contributed by atoms with van der Waals surface area (Å²) in [6.45, 7) is 0.697. The van der Waals surface area contributed by atoms with Gasteiger partial charge in [-0.3, -0.25) is 9.36 Å². The summed E-state index contributed by atoms with van der Waals surface area (Å²) >= 11 is 1.64. The fourth-order valence-corrected chi connectivity index (χ4v) is 4.34. The lowest BCUT2D eigenvalue weighted by molar-refractivity contribution is 0.569. The van der Waals surface area contributed by atoms with Crippen molar-refractivity contribution in [3.63, 3.8) is 0 Å². The van der Waals surface area contributed by atoms with Crippen LogP contribution in [0.3, 0.4) is 0 Å². The number of thioether (sulfide) groups is 1. The third kappa shape index (κ3) is 4.76. The number of rotatable bonds is 8. The zero-order valence-corrected chi connectivity index (χ0v) is 15.9. The minimum atomic E-state index is 0.0616. The lowest BCUT2D eigenvalue weighted by Crippen LogP contribution is -2.24. The summed E-state index contributed by atoms with van der Waals surface area (Å²) < 4.78 is 1.85. The Morgan fingerprint density at radius 1 is 1.23 bits per heavy atom. The van der Waals surface area contributed by atoms with Crippen molar-refractivity contribution in [1.29, 1.82) is 5.26 Å². The van der Waals surface area contributed by atoms with E-state index >= 15 is 0 Å². The maximum Gasteiger partial charge on any atom is 0.262 e. The Kier molecular flexibility index (Phi) is 6.90. The predicted molar refractivity (Wildman–Crippen MR) is 107 cm³/mol. The number of hydrogen-bond acceptors (Lipinski definition) is 4. The van der Waals surface area contributed by atoms with Crippen molar-refractivity contribution < 1.29 is 0 Å². The van der Waals surface area contributed by atoms with E-state index in [1.165, 1.54) is 24.8 Å². The van der Waals surface area contributed by atoms with Crippen molar-refractivity contribution in [3.05, 3.63) is 46.3 Å². The summed E-state index contributed by atoms with van der Waals surface area (Å²) in [5.74, 6) is 0.884. The van der Waals surface area contributed by atoms with Crippen molar-refractivity contribution in [2.75, 3.05) is 5.75 Å². The normalized spacial score (nSPS) is 14.2. The summed E-state index contributed by atoms with van der Waals surface area (Å²) in [5.41, 5.74) is 2.30. The SMILES string of the molecule is N#CCCCCSc1nc2ccccc2c(=O)n1CCC1=CCCCC1. The molecule has 0 amide bonds. The summed E-state index contributed by atoms with van der Waals surface area (Å²) in [7, 11) is 0. The minimum Gasteiger partial charge on any atom is -0.287 e. The fourth-order valence-electron chi connectivity index (χ4n) is 3.31. The van der Waals surface area contributed by atoms with Gasteiger partial charge in [0.05, 0.1) is 17.0 Å². The highest BCUT2D eigenvalue weighted by Crippen LogP contribution is 2.23. The molecule has 0 spiro atoms. The van der Waals surface area contributed by atoms with E-state index < -0.39 is 0 Å². The molecule has 1 aromatic carbocycles. The number of benzene rings is 1. The second-order valence-electron chi connectivity index (χ2n) is 6.69. The van der Waals surface area contributed by atoms with Crippen LogP contribution in [0.25, 0.3) is 10.9 Å². The molecule has 0 bridgehead atoms. The van der Waals surface area contributed by atoms with Crippen molar-refractivity contribution >= 4 is 22.7 Å². The highest BCUT2D eigenvalue weighted by Gasteiger charge is 2.12. The van der Waals surface area contributed by atoms with Crippen LogP contribution < -0.4 is 5.56 Å². The van der Waals surface area contributed by atoms with Gasteiger partial charge < -0.3 is 0 Å². The summed E-state index contributed by atoms with van der Waals surface area (Å²) in [6, 6.07) is 9.77. The minimum absolute atomic E-state index is 0.0616. The maximum absolute atomic E-state index is 13.0. The third-order valence-corrected chi connectivity index (χ3v) is 5.84. The molecule has 0 radical (unpaired) electrons. The van der Waals surface area contributed by atoms with Gasteiger partial charge in [-0.1, -0.05) is 35.5 Å². The standard InChI is InChI=1S/C21H25N3OS/c22-14-7-2-8-16-26-21-23-19-12-6-5-11-18(19)20(25)24(21)15-13-17-9-3-1-4-10-17/h5-6,9,11-12H,1-4,7-8,10,13,15-16H2. The number of hydrogen-bond donors (Lipinski definition) is 0. The zero-order valence-electron chi connectivity index (χ0n) is 15.1. The summed E-state index contributed by atoms with van der Waals surface area (Å²) in [5, 5.41) is 10.2. The van der Waals surface area contributed by atoms with Crippen molar-refractivity contribution in [2.45, 2.75) is 63.1 Å². The molecule has 5 heteroatoms. The number of unbranched alkanes of at least 4 members (excludes halogenated alkanes) is 2. The molecule has 0 saturated carbocycles. The Hall–Kier alpha value is -2.06. The first kappa shape index (κ1) is 18.7. The van der Waals surface area contributed by atoms with Crippen LogP contribution in [0.5, 0.6) is 0 Å². The van der Waals surface area contributed by atoms with Gasteiger partial charge in [0.15, 0.2) is 5.16 Å². The monoisotopic (exact) mass is 367 g/mol. The molecule has 0 unspecified atom stereocenters. The Balaban J connectivity index is 1.81. The van der Waals surface area contributed by atoms with Crippen LogP contribution in [0, 0.1) is 11.3 Å². The summed E-state index contributed by atoms with van der Waals surface area (Å²) in [4.78, 5) is 17.8. The first-order chi connectivity index (χ1) is 12.8. The van der Waals surface area contributed by atoms with Crippen LogP contribution in [0.15, 0.2) is 45.9 Å². The summed E-state index contributed by atoms with van der Waals surface area (Å²) in [6.07, 6.45) is 10.6. The molecule has 0 atom stereocenters. The molecule has 1 aromatic heterocycles. The van der Waals surface area contributed by atoms with E-state index in [1.807, 2.05) is 28.8 Å². The molecule has 2 aromatic rings. The Morgan fingerprint density at radius 2 is 2.12 bits per heavy atom. The molecule has 4 nitrogen and oxygen atoms in total. The molecule has 0 aliphatic heterocycles. The van der Waals surface area contributed by atoms with E-state index in [0.717, 1.165) is 42.1 Å². The molecule has 26 heavy (non-hydrogen) atoms. The number of allylic oxidation sites excluding steroid dienone is 2. The highest BCUT2D eigenvalue weighted by atomic mass is 32.2. The number of nitrogens with zero attached hydrogens (tertiary/aromatic N) is 3. The molecular formula is C21H25N3OS. The molecule has 1 aliphatic carbocycles. The Morgan fingerprint density at radius 3 is 2.92 bits per heavy atom. The first-order valence-electron chi connectivity index (χ1n) is 9.47. The molecule has 3 rings (SSSR count). The van der Waals surface area contributed by atoms with Gasteiger partial charge in [-0.2, -0.15) is 5.26 Å². The molecule has 0 saturated heterocycles. The average Bonchev–Trinajstić information content (AvgIpc) is 2.68. The van der Waals surface area contributed by atoms with Crippen molar-refractivity contribution in [1.82, 2.24) is 9.55 Å². The van der Waals surface area contributed by atoms with E-state index in [2.05, 4.69) is 12.1 Å². The molecule has 1 aliphatic rings. The molecule has 1 heterocycles. The number of fused-ring (bicyclic) bond motifs is 1. The van der Waals surface area contributed by atoms with E-state index in [9.17, 15) is 4.79 Å². The van der Waals surface area contributed by atoms with Gasteiger partial charge in [0.2, 0.25) is 0 Å². The largest absolute Gasteiger partial charge is 0.287 e. The fraction of sp³-hybridized carbons (Fsp3) is 0.476. The van der Waals surface area contributed by atoms with Crippen LogP contribution in [-0.2, 0) is 6.54 Å². The van der Waals surface area contributed by atoms with E-state index in [4.69, 9.17) is 10.2 Å². The van der Waals surface area contributed by atoms with Crippen molar-refractivity contribution in [2.24, 2.45) is 0 Å². The van der Waals surface area contributed by atoms with Gasteiger partial charge in [-0.05, 0) is 57.1 Å². The molecular weight excluding hydrogens is 342 g/mol. The van der Waals surface area contributed by atoms with Crippen molar-refractivity contribution in [3.8, 4) is 6.07 Å². The van der Waals surface area contributed by atoms with Crippen LogP contribution in [0.4, 0.5) is 0 Å². The van der Waals surface area contributed by atoms with Crippen LogP contribution >= 0.6 is 11.8 Å². The van der Waals surface area contributed by atoms with Gasteiger partial charge in [-0.15, -0.1) is 0 Å². The zero-order chi connectivity index (χ0) is 18.2. The number of nitriles is 1. The van der Waals surface area contributed by atoms with Gasteiger partial charge in [0.25, 0.3) is 5.56 Å². The van der Waals surface area contributed by atoms with Gasteiger partial charge in [0.1, 0.15) is 0 Å². The predicted octanol–water partition coefficient (Wildman–Crippen LogP) is 5.07. The van der Waals surface area contributed by atoms with Crippen LogP contribution in [0.2, 0.25) is 0 Å². The second kappa shape index (κ2) is 9.59. The maximum atomic E-state index is 13.0. The average molecular weight is 368 g/mol. The topological polar surface area (TPSA) is 58.7 Å². The van der Waals surface area contributed by atoms with Gasteiger partial charge >= 0.3 is 0 Å². The first-order valence-corrected chi connectivity index (χ1v) is 10.5.